The summed E-state index contributed by atoms with van der Waals surface area (Å²) in [6.45, 7) is 5.17. The van der Waals surface area contributed by atoms with Crippen LogP contribution in [0.25, 0.3) is 28.0 Å². The number of carbonyl (C=O) groups excluding carboxylic acids is 1. The number of hydrogen-bond donors (Lipinski definition) is 1. The van der Waals surface area contributed by atoms with Crippen LogP contribution in [0, 0.1) is 13.8 Å². The molecule has 36 heavy (non-hydrogen) atoms. The van der Waals surface area contributed by atoms with Crippen molar-refractivity contribution in [2.45, 2.75) is 39.7 Å². The van der Waals surface area contributed by atoms with Crippen LogP contribution in [-0.2, 0) is 13.0 Å². The summed E-state index contributed by atoms with van der Waals surface area (Å²) in [6.07, 6.45) is 5.24. The van der Waals surface area contributed by atoms with Gasteiger partial charge in [-0.3, -0.25) is 9.20 Å². The molecule has 0 fully saturated rings. The van der Waals surface area contributed by atoms with Crippen molar-refractivity contribution in [1.82, 2.24) is 8.97 Å². The van der Waals surface area contributed by atoms with Gasteiger partial charge in [0.15, 0.2) is 0 Å². The summed E-state index contributed by atoms with van der Waals surface area (Å²) in [5, 5.41) is 3.87. The Bertz CT molecular complexity index is 1590. The number of aromatic nitrogens is 2. The van der Waals surface area contributed by atoms with Gasteiger partial charge in [0, 0.05) is 34.6 Å². The molecule has 5 aromatic rings. The maximum absolute atomic E-state index is 14.0. The number of amides is 1. The van der Waals surface area contributed by atoms with E-state index in [1.54, 1.807) is 0 Å². The number of nitrogens with zero attached hydrogens (tertiary/aromatic N) is 2. The zero-order valence-electron chi connectivity index (χ0n) is 20.5. The van der Waals surface area contributed by atoms with Gasteiger partial charge in [0.05, 0.1) is 5.69 Å². The minimum Gasteiger partial charge on any atom is -0.325 e. The van der Waals surface area contributed by atoms with E-state index < -0.39 is 0 Å². The van der Waals surface area contributed by atoms with E-state index in [1.165, 1.54) is 16.7 Å². The van der Waals surface area contributed by atoms with Crippen LogP contribution in [0.4, 0.5) is 5.69 Å². The van der Waals surface area contributed by atoms with Gasteiger partial charge in [-0.25, -0.2) is 0 Å². The highest BCUT2D eigenvalue weighted by molar-refractivity contribution is 6.30. The lowest BCUT2D eigenvalue weighted by Gasteiger charge is -2.12. The number of halogens is 1. The van der Waals surface area contributed by atoms with Gasteiger partial charge in [-0.05, 0) is 79.6 Å². The number of nitrogens with one attached hydrogen (secondary N) is 1. The predicted molar refractivity (Wildman–Crippen MR) is 148 cm³/mol. The van der Waals surface area contributed by atoms with Crippen LogP contribution in [0.5, 0.6) is 0 Å². The Hall–Kier alpha value is -3.76. The van der Waals surface area contributed by atoms with Crippen LogP contribution in [0.15, 0.2) is 79.0 Å². The van der Waals surface area contributed by atoms with Crippen LogP contribution in [-0.4, -0.2) is 14.9 Å². The molecule has 1 amide bonds. The number of rotatable bonds is 4. The van der Waals surface area contributed by atoms with E-state index in [-0.39, 0.29) is 5.91 Å². The second-order valence-corrected chi connectivity index (χ2v) is 10.1. The SMILES string of the molecule is Cc1ccc(-c2c3c4n(c(-c5ccc(Cl)cc5)cn4c2C(=O)Nc2ccccc2)CCCC3)cc1C. The van der Waals surface area contributed by atoms with Crippen molar-refractivity contribution >= 4 is 28.8 Å². The molecule has 0 aliphatic carbocycles. The standard InChI is InChI=1S/C31H28ClN3O/c1-20-11-12-23(18-21(20)2)28-26-10-6-7-17-34-27(22-13-15-24(32)16-14-22)19-35(31(26)34)29(28)30(36)33-25-8-4-3-5-9-25/h3-5,8-9,11-16,18-19H,6-7,10,17H2,1-2H3,(H,33,36). The lowest BCUT2D eigenvalue weighted by atomic mass is 9.95. The Morgan fingerprint density at radius 2 is 1.64 bits per heavy atom. The van der Waals surface area contributed by atoms with Gasteiger partial charge in [0.1, 0.15) is 11.3 Å². The second-order valence-electron chi connectivity index (χ2n) is 9.64. The molecule has 0 saturated heterocycles. The molecule has 0 saturated carbocycles. The number of aryl methyl sites for hydroxylation is 4. The van der Waals surface area contributed by atoms with Crippen molar-refractivity contribution in [1.29, 1.82) is 0 Å². The fraction of sp³-hybridized carbons (Fsp3) is 0.194. The van der Waals surface area contributed by atoms with Crippen molar-refractivity contribution < 1.29 is 4.79 Å². The molecule has 1 N–H and O–H groups in total. The number of hydrogen-bond acceptors (Lipinski definition) is 1. The molecule has 2 aromatic heterocycles. The van der Waals surface area contributed by atoms with Crippen molar-refractivity contribution in [3.05, 3.63) is 106 Å². The molecular weight excluding hydrogens is 466 g/mol. The summed E-state index contributed by atoms with van der Waals surface area (Å²) in [5.74, 6) is -0.101. The third-order valence-corrected chi connectivity index (χ3v) is 7.57. The van der Waals surface area contributed by atoms with Gasteiger partial charge in [0.2, 0.25) is 0 Å². The second kappa shape index (κ2) is 9.03. The number of carbonyl (C=O) groups is 1. The highest BCUT2D eigenvalue weighted by Crippen LogP contribution is 2.40. The number of benzene rings is 3. The molecule has 0 spiro atoms. The lowest BCUT2D eigenvalue weighted by molar-refractivity contribution is 0.102. The van der Waals surface area contributed by atoms with Gasteiger partial charge >= 0.3 is 0 Å². The minimum absolute atomic E-state index is 0.101. The maximum atomic E-state index is 14.0. The van der Waals surface area contributed by atoms with Gasteiger partial charge in [-0.15, -0.1) is 0 Å². The largest absolute Gasteiger partial charge is 0.325 e. The fourth-order valence-electron chi connectivity index (χ4n) is 5.38. The van der Waals surface area contributed by atoms with E-state index in [4.69, 9.17) is 11.6 Å². The molecule has 3 aromatic carbocycles. The quantitative estimate of drug-likeness (QED) is 0.271. The van der Waals surface area contributed by atoms with E-state index in [0.29, 0.717) is 10.7 Å². The van der Waals surface area contributed by atoms with Crippen LogP contribution >= 0.6 is 11.6 Å². The van der Waals surface area contributed by atoms with Crippen LogP contribution in [0.3, 0.4) is 0 Å². The summed E-state index contributed by atoms with van der Waals surface area (Å²) in [4.78, 5) is 14.0. The van der Waals surface area contributed by atoms with Crippen LogP contribution in [0.1, 0.15) is 40.0 Å². The molecule has 1 aliphatic heterocycles. The smallest absolute Gasteiger partial charge is 0.273 e. The van der Waals surface area contributed by atoms with E-state index in [9.17, 15) is 4.79 Å². The van der Waals surface area contributed by atoms with Crippen molar-refractivity contribution in [3.63, 3.8) is 0 Å². The fourth-order valence-corrected chi connectivity index (χ4v) is 5.51. The third kappa shape index (κ3) is 3.82. The molecule has 0 unspecified atom stereocenters. The molecule has 180 valence electrons. The first kappa shape index (κ1) is 22.7. The van der Waals surface area contributed by atoms with E-state index in [1.807, 2.05) is 42.5 Å². The summed E-state index contributed by atoms with van der Waals surface area (Å²) in [7, 11) is 0. The third-order valence-electron chi connectivity index (χ3n) is 7.32. The molecule has 3 heterocycles. The van der Waals surface area contributed by atoms with Crippen molar-refractivity contribution in [2.24, 2.45) is 0 Å². The van der Waals surface area contributed by atoms with Gasteiger partial charge in [-0.1, -0.05) is 60.1 Å². The number of anilines is 1. The number of para-hydroxylation sites is 1. The summed E-state index contributed by atoms with van der Waals surface area (Å²) >= 11 is 6.18. The van der Waals surface area contributed by atoms with Crippen molar-refractivity contribution in [2.75, 3.05) is 5.32 Å². The van der Waals surface area contributed by atoms with E-state index >= 15 is 0 Å². The van der Waals surface area contributed by atoms with E-state index in [0.717, 1.165) is 59.5 Å². The van der Waals surface area contributed by atoms with Crippen LogP contribution < -0.4 is 5.32 Å². The molecule has 0 bridgehead atoms. The number of imidazole rings is 1. The monoisotopic (exact) mass is 493 g/mol. The molecule has 6 rings (SSSR count). The zero-order chi connectivity index (χ0) is 24.8. The first-order valence-electron chi connectivity index (χ1n) is 12.5. The molecule has 0 radical (unpaired) electrons. The first-order valence-corrected chi connectivity index (χ1v) is 12.9. The van der Waals surface area contributed by atoms with Gasteiger partial charge < -0.3 is 9.88 Å². The highest BCUT2D eigenvalue weighted by atomic mass is 35.5. The summed E-state index contributed by atoms with van der Waals surface area (Å²) in [5.41, 5.74) is 10.6. The summed E-state index contributed by atoms with van der Waals surface area (Å²) < 4.78 is 4.50. The average Bonchev–Trinajstić information content (AvgIpc) is 3.29. The molecule has 5 heteroatoms. The van der Waals surface area contributed by atoms with Gasteiger partial charge in [0.25, 0.3) is 5.91 Å². The average molecular weight is 494 g/mol. The Morgan fingerprint density at radius 1 is 0.889 bits per heavy atom. The topological polar surface area (TPSA) is 38.4 Å². The molecule has 4 nitrogen and oxygen atoms in total. The highest BCUT2D eigenvalue weighted by Gasteiger charge is 2.29. The first-order chi connectivity index (χ1) is 17.5. The zero-order valence-corrected chi connectivity index (χ0v) is 21.3. The van der Waals surface area contributed by atoms with Gasteiger partial charge in [-0.2, -0.15) is 0 Å². The Kier molecular flexibility index (Phi) is 5.69. The minimum atomic E-state index is -0.101. The Balaban J connectivity index is 1.63. The van der Waals surface area contributed by atoms with E-state index in [2.05, 4.69) is 64.7 Å². The Morgan fingerprint density at radius 3 is 2.39 bits per heavy atom. The van der Waals surface area contributed by atoms with Crippen LogP contribution in [0.2, 0.25) is 5.02 Å². The molecule has 0 atom stereocenters. The van der Waals surface area contributed by atoms with Crippen molar-refractivity contribution in [3.8, 4) is 22.4 Å². The Labute approximate surface area is 216 Å². The lowest BCUT2D eigenvalue weighted by Crippen LogP contribution is -2.15. The molecular formula is C31H28ClN3O. The predicted octanol–water partition coefficient (Wildman–Crippen LogP) is 7.93. The normalized spacial score (nSPS) is 13.1. The maximum Gasteiger partial charge on any atom is 0.273 e. The molecule has 1 aliphatic rings. The summed E-state index contributed by atoms with van der Waals surface area (Å²) in [6, 6.07) is 24.2.